The van der Waals surface area contributed by atoms with Gasteiger partial charge in [0.2, 0.25) is 0 Å². The molecule has 2 rings (SSSR count). The van der Waals surface area contributed by atoms with Crippen LogP contribution >= 0.6 is 0 Å². The van der Waals surface area contributed by atoms with Gasteiger partial charge in [-0.05, 0) is 31.9 Å². The van der Waals surface area contributed by atoms with Crippen molar-refractivity contribution in [2.45, 2.75) is 52.1 Å². The van der Waals surface area contributed by atoms with Crippen LogP contribution in [0.4, 0.5) is 0 Å². The van der Waals surface area contributed by atoms with Crippen molar-refractivity contribution in [2.24, 2.45) is 0 Å². The number of aryl methyl sites for hydroxylation is 2. The Hall–Kier alpha value is -0.870. The number of hydrogen-bond acceptors (Lipinski definition) is 3. The topological polar surface area (TPSA) is 39.1 Å². The molecular weight excluding hydrogens is 226 g/mol. The molecule has 1 aromatic rings. The van der Waals surface area contributed by atoms with Crippen LogP contribution in [-0.4, -0.2) is 35.6 Å². The van der Waals surface area contributed by atoms with E-state index in [1.165, 1.54) is 11.4 Å². The van der Waals surface area contributed by atoms with Crippen molar-refractivity contribution >= 4 is 0 Å². The standard InChI is InChI=1S/C14H25N3O/c1-4-11-9-12(5-2)17(16-11)14-10-18-8-7-13(14)15-6-3/h9,13-15H,4-8,10H2,1-3H3. The summed E-state index contributed by atoms with van der Waals surface area (Å²) in [7, 11) is 0. The third kappa shape index (κ3) is 2.75. The molecule has 1 N–H and O–H groups in total. The predicted molar refractivity (Wildman–Crippen MR) is 72.9 cm³/mol. The third-order valence-corrected chi connectivity index (χ3v) is 3.69. The van der Waals surface area contributed by atoms with E-state index in [9.17, 15) is 0 Å². The van der Waals surface area contributed by atoms with Crippen LogP contribution in [0.15, 0.2) is 6.07 Å². The first-order valence-corrected chi connectivity index (χ1v) is 7.18. The molecule has 1 fully saturated rings. The van der Waals surface area contributed by atoms with E-state index in [0.717, 1.165) is 39.0 Å². The second-order valence-electron chi connectivity index (χ2n) is 4.87. The lowest BCUT2D eigenvalue weighted by atomic mass is 10.0. The van der Waals surface area contributed by atoms with Crippen LogP contribution in [0, 0.1) is 0 Å². The summed E-state index contributed by atoms with van der Waals surface area (Å²) in [4.78, 5) is 0. The number of likely N-dealkylation sites (N-methyl/N-ethyl adjacent to an activating group) is 1. The van der Waals surface area contributed by atoms with Crippen LogP contribution in [0.3, 0.4) is 0 Å². The zero-order valence-electron chi connectivity index (χ0n) is 11.8. The summed E-state index contributed by atoms with van der Waals surface area (Å²) >= 11 is 0. The molecule has 2 heterocycles. The Labute approximate surface area is 110 Å². The Kier molecular flexibility index (Phi) is 4.78. The molecule has 102 valence electrons. The van der Waals surface area contributed by atoms with Crippen LogP contribution < -0.4 is 5.32 Å². The Morgan fingerprint density at radius 1 is 1.39 bits per heavy atom. The molecule has 4 heteroatoms. The first-order valence-electron chi connectivity index (χ1n) is 7.18. The van der Waals surface area contributed by atoms with Gasteiger partial charge < -0.3 is 10.1 Å². The van der Waals surface area contributed by atoms with Crippen molar-refractivity contribution in [1.82, 2.24) is 15.1 Å². The van der Waals surface area contributed by atoms with Crippen molar-refractivity contribution in [2.75, 3.05) is 19.8 Å². The summed E-state index contributed by atoms with van der Waals surface area (Å²) in [6, 6.07) is 3.06. The number of ether oxygens (including phenoxy) is 1. The average Bonchev–Trinajstić information content (AvgIpc) is 2.83. The second-order valence-corrected chi connectivity index (χ2v) is 4.87. The van der Waals surface area contributed by atoms with Crippen molar-refractivity contribution in [3.05, 3.63) is 17.5 Å². The maximum absolute atomic E-state index is 5.65. The molecule has 0 aliphatic carbocycles. The third-order valence-electron chi connectivity index (χ3n) is 3.69. The highest BCUT2D eigenvalue weighted by Crippen LogP contribution is 2.22. The minimum absolute atomic E-state index is 0.342. The van der Waals surface area contributed by atoms with Crippen LogP contribution in [0.5, 0.6) is 0 Å². The van der Waals surface area contributed by atoms with Crippen LogP contribution in [-0.2, 0) is 17.6 Å². The van der Waals surface area contributed by atoms with Gasteiger partial charge in [0.1, 0.15) is 0 Å². The molecule has 4 nitrogen and oxygen atoms in total. The monoisotopic (exact) mass is 251 g/mol. The van der Waals surface area contributed by atoms with E-state index in [2.05, 4.69) is 36.8 Å². The van der Waals surface area contributed by atoms with Crippen molar-refractivity contribution in [3.63, 3.8) is 0 Å². The van der Waals surface area contributed by atoms with Gasteiger partial charge in [-0.1, -0.05) is 20.8 Å². The van der Waals surface area contributed by atoms with E-state index in [1.807, 2.05) is 0 Å². The fraction of sp³-hybridized carbons (Fsp3) is 0.786. The summed E-state index contributed by atoms with van der Waals surface area (Å²) in [5.41, 5.74) is 2.51. The van der Waals surface area contributed by atoms with Gasteiger partial charge in [0, 0.05) is 18.3 Å². The molecule has 18 heavy (non-hydrogen) atoms. The van der Waals surface area contributed by atoms with Gasteiger partial charge in [-0.25, -0.2) is 0 Å². The first-order chi connectivity index (χ1) is 8.80. The Bertz CT molecular complexity index is 373. The molecule has 1 aromatic heterocycles. The minimum atomic E-state index is 0.342. The Morgan fingerprint density at radius 3 is 2.89 bits per heavy atom. The molecule has 1 aliphatic rings. The normalized spacial score (nSPS) is 24.4. The summed E-state index contributed by atoms with van der Waals surface area (Å²) in [5, 5.41) is 8.32. The molecule has 0 amide bonds. The molecule has 0 radical (unpaired) electrons. The van der Waals surface area contributed by atoms with Gasteiger partial charge in [-0.2, -0.15) is 5.10 Å². The van der Waals surface area contributed by atoms with Crippen LogP contribution in [0.25, 0.3) is 0 Å². The minimum Gasteiger partial charge on any atom is -0.379 e. The highest BCUT2D eigenvalue weighted by atomic mass is 16.5. The number of nitrogens with zero attached hydrogens (tertiary/aromatic N) is 2. The van der Waals surface area contributed by atoms with E-state index in [4.69, 9.17) is 9.84 Å². The number of aromatic nitrogens is 2. The fourth-order valence-corrected chi connectivity index (χ4v) is 2.68. The van der Waals surface area contributed by atoms with Crippen molar-refractivity contribution in [3.8, 4) is 0 Å². The van der Waals surface area contributed by atoms with Gasteiger partial charge in [0.15, 0.2) is 0 Å². The van der Waals surface area contributed by atoms with E-state index in [-0.39, 0.29) is 0 Å². The average molecular weight is 251 g/mol. The number of hydrogen-bond donors (Lipinski definition) is 1. The Balaban J connectivity index is 2.23. The fourth-order valence-electron chi connectivity index (χ4n) is 2.68. The van der Waals surface area contributed by atoms with E-state index in [0.29, 0.717) is 12.1 Å². The molecular formula is C14H25N3O. The lowest BCUT2D eigenvalue weighted by Gasteiger charge is -2.33. The quantitative estimate of drug-likeness (QED) is 0.869. The predicted octanol–water partition coefficient (Wildman–Crippen LogP) is 1.95. The Morgan fingerprint density at radius 2 is 2.22 bits per heavy atom. The summed E-state index contributed by atoms with van der Waals surface area (Å²) in [6.45, 7) is 9.15. The zero-order chi connectivity index (χ0) is 13.0. The van der Waals surface area contributed by atoms with E-state index >= 15 is 0 Å². The highest BCUT2D eigenvalue weighted by molar-refractivity contribution is 5.12. The van der Waals surface area contributed by atoms with Gasteiger partial charge in [0.25, 0.3) is 0 Å². The molecule has 0 spiro atoms. The molecule has 1 aliphatic heterocycles. The zero-order valence-corrected chi connectivity index (χ0v) is 11.8. The van der Waals surface area contributed by atoms with Crippen molar-refractivity contribution < 1.29 is 4.74 Å². The van der Waals surface area contributed by atoms with Gasteiger partial charge in [0.05, 0.1) is 18.3 Å². The maximum Gasteiger partial charge on any atom is 0.0909 e. The summed E-state index contributed by atoms with van der Waals surface area (Å²) < 4.78 is 7.85. The lowest BCUT2D eigenvalue weighted by molar-refractivity contribution is 0.0320. The summed E-state index contributed by atoms with van der Waals surface area (Å²) in [5.74, 6) is 0. The highest BCUT2D eigenvalue weighted by Gasteiger charge is 2.28. The van der Waals surface area contributed by atoms with Gasteiger partial charge >= 0.3 is 0 Å². The molecule has 1 saturated heterocycles. The molecule has 0 saturated carbocycles. The second kappa shape index (κ2) is 6.34. The SMILES string of the molecule is CCNC1CCOCC1n1nc(CC)cc1CC. The van der Waals surface area contributed by atoms with Crippen LogP contribution in [0.2, 0.25) is 0 Å². The molecule has 2 atom stereocenters. The molecule has 0 aromatic carbocycles. The molecule has 0 bridgehead atoms. The van der Waals surface area contributed by atoms with Gasteiger partial charge in [-0.15, -0.1) is 0 Å². The number of nitrogens with one attached hydrogen (secondary N) is 1. The van der Waals surface area contributed by atoms with E-state index < -0.39 is 0 Å². The molecule has 2 unspecified atom stereocenters. The van der Waals surface area contributed by atoms with E-state index in [1.54, 1.807) is 0 Å². The van der Waals surface area contributed by atoms with Crippen LogP contribution in [0.1, 0.15) is 44.6 Å². The maximum atomic E-state index is 5.65. The first kappa shape index (κ1) is 13.6. The summed E-state index contributed by atoms with van der Waals surface area (Å²) in [6.07, 6.45) is 3.10. The largest absolute Gasteiger partial charge is 0.379 e. The van der Waals surface area contributed by atoms with Gasteiger partial charge in [-0.3, -0.25) is 4.68 Å². The lowest BCUT2D eigenvalue weighted by Crippen LogP contribution is -2.44. The van der Waals surface area contributed by atoms with Crippen molar-refractivity contribution in [1.29, 1.82) is 0 Å². The smallest absolute Gasteiger partial charge is 0.0909 e. The number of rotatable bonds is 5.